The third-order valence-corrected chi connectivity index (χ3v) is 4.86. The third-order valence-electron chi connectivity index (χ3n) is 3.95. The lowest BCUT2D eigenvalue weighted by Gasteiger charge is -2.30. The van der Waals surface area contributed by atoms with Crippen LogP contribution in [0.1, 0.15) is 54.8 Å². The molecule has 1 aromatic rings. The first-order chi connectivity index (χ1) is 8.62. The van der Waals surface area contributed by atoms with Crippen LogP contribution in [-0.2, 0) is 11.2 Å². The fraction of sp³-hybridized carbons (Fsp3) is 0.714. The summed E-state index contributed by atoms with van der Waals surface area (Å²) in [6.07, 6.45) is 9.85. The maximum Gasteiger partial charge on any atom is 0.309 e. The van der Waals surface area contributed by atoms with Crippen molar-refractivity contribution in [3.8, 4) is 0 Å². The summed E-state index contributed by atoms with van der Waals surface area (Å²) in [6.45, 7) is 1.97. The number of thiazole rings is 1. The third kappa shape index (κ3) is 3.10. The molecule has 18 heavy (non-hydrogen) atoms. The minimum Gasteiger partial charge on any atom is -0.481 e. The molecule has 1 aromatic heterocycles. The Hall–Kier alpha value is -0.900. The molecule has 0 amide bonds. The zero-order chi connectivity index (χ0) is 13.0. The van der Waals surface area contributed by atoms with Gasteiger partial charge < -0.3 is 5.11 Å². The van der Waals surface area contributed by atoms with Crippen molar-refractivity contribution in [2.75, 3.05) is 0 Å². The average Bonchev–Trinajstić information content (AvgIpc) is 2.67. The Labute approximate surface area is 112 Å². The summed E-state index contributed by atoms with van der Waals surface area (Å²) in [4.78, 5) is 17.1. The molecule has 0 unspecified atom stereocenters. The van der Waals surface area contributed by atoms with E-state index in [4.69, 9.17) is 0 Å². The van der Waals surface area contributed by atoms with Gasteiger partial charge in [0.2, 0.25) is 0 Å². The zero-order valence-electron chi connectivity index (χ0n) is 10.9. The number of aliphatic carboxylic acids is 1. The molecule has 1 N–H and O–H groups in total. The molecule has 1 aliphatic rings. The second-order valence-electron chi connectivity index (χ2n) is 5.38. The largest absolute Gasteiger partial charge is 0.481 e. The van der Waals surface area contributed by atoms with Crippen molar-refractivity contribution < 1.29 is 9.90 Å². The zero-order valence-corrected chi connectivity index (χ0v) is 11.8. The average molecular weight is 267 g/mol. The molecule has 0 atom stereocenters. The van der Waals surface area contributed by atoms with Crippen LogP contribution in [0.25, 0.3) is 0 Å². The molecular formula is C14H21NO2S. The monoisotopic (exact) mass is 267 g/mol. The molecule has 1 aliphatic carbocycles. The summed E-state index contributed by atoms with van der Waals surface area (Å²) in [5, 5.41) is 10.7. The van der Waals surface area contributed by atoms with Gasteiger partial charge in [-0.25, -0.2) is 4.98 Å². The minimum absolute atomic E-state index is 0.542. The second kappa shape index (κ2) is 5.83. The van der Waals surface area contributed by atoms with Crippen molar-refractivity contribution in [3.05, 3.63) is 16.1 Å². The predicted molar refractivity (Wildman–Crippen MR) is 72.9 cm³/mol. The molecule has 100 valence electrons. The molecule has 3 nitrogen and oxygen atoms in total. The van der Waals surface area contributed by atoms with Crippen molar-refractivity contribution in [1.82, 2.24) is 4.98 Å². The number of rotatable bonds is 3. The molecule has 0 bridgehead atoms. The van der Waals surface area contributed by atoms with E-state index in [0.717, 1.165) is 35.6 Å². The SMILES string of the molecule is Cc1ncc(CC2(C(=O)O)CCCCCCC2)s1. The molecule has 0 spiro atoms. The fourth-order valence-corrected chi connectivity index (χ4v) is 3.81. The lowest BCUT2D eigenvalue weighted by molar-refractivity contribution is -0.150. The van der Waals surface area contributed by atoms with Crippen LogP contribution < -0.4 is 0 Å². The smallest absolute Gasteiger partial charge is 0.309 e. The number of hydrogen-bond acceptors (Lipinski definition) is 3. The molecule has 0 aliphatic heterocycles. The van der Waals surface area contributed by atoms with Crippen LogP contribution >= 0.6 is 11.3 Å². The van der Waals surface area contributed by atoms with Crippen LogP contribution in [0.2, 0.25) is 0 Å². The van der Waals surface area contributed by atoms with E-state index in [2.05, 4.69) is 4.98 Å². The Morgan fingerprint density at radius 2 is 1.94 bits per heavy atom. The van der Waals surface area contributed by atoms with E-state index in [1.807, 2.05) is 13.1 Å². The Morgan fingerprint density at radius 3 is 2.44 bits per heavy atom. The van der Waals surface area contributed by atoms with Gasteiger partial charge in [-0.15, -0.1) is 11.3 Å². The highest BCUT2D eigenvalue weighted by molar-refractivity contribution is 7.11. The topological polar surface area (TPSA) is 50.2 Å². The van der Waals surface area contributed by atoms with E-state index in [9.17, 15) is 9.90 Å². The van der Waals surface area contributed by atoms with Gasteiger partial charge in [0.1, 0.15) is 0 Å². The number of carboxylic acid groups (broad SMARTS) is 1. The Balaban J connectivity index is 2.16. The van der Waals surface area contributed by atoms with E-state index >= 15 is 0 Å². The van der Waals surface area contributed by atoms with Crippen LogP contribution in [0.15, 0.2) is 6.20 Å². The standard InChI is InChI=1S/C14H21NO2S/c1-11-15-10-12(18-11)9-14(13(16)17)7-5-3-2-4-6-8-14/h10H,2-9H2,1H3,(H,16,17). The number of hydrogen-bond donors (Lipinski definition) is 1. The molecule has 1 saturated carbocycles. The number of nitrogens with zero attached hydrogens (tertiary/aromatic N) is 1. The molecule has 0 saturated heterocycles. The van der Waals surface area contributed by atoms with Gasteiger partial charge in [-0.3, -0.25) is 4.79 Å². The van der Waals surface area contributed by atoms with Gasteiger partial charge in [0.15, 0.2) is 0 Å². The van der Waals surface area contributed by atoms with Crippen LogP contribution in [0.3, 0.4) is 0 Å². The lowest BCUT2D eigenvalue weighted by Crippen LogP contribution is -2.34. The molecule has 4 heteroatoms. The molecule has 2 rings (SSSR count). The lowest BCUT2D eigenvalue weighted by atomic mass is 9.73. The summed E-state index contributed by atoms with van der Waals surface area (Å²) < 4.78 is 0. The van der Waals surface area contributed by atoms with Crippen molar-refractivity contribution in [2.45, 2.75) is 58.3 Å². The number of carbonyl (C=O) groups is 1. The van der Waals surface area contributed by atoms with E-state index in [1.54, 1.807) is 11.3 Å². The van der Waals surface area contributed by atoms with E-state index < -0.39 is 11.4 Å². The van der Waals surface area contributed by atoms with E-state index in [-0.39, 0.29) is 0 Å². The Morgan fingerprint density at radius 1 is 1.33 bits per heavy atom. The van der Waals surface area contributed by atoms with Crippen LogP contribution in [0.5, 0.6) is 0 Å². The minimum atomic E-state index is -0.615. The van der Waals surface area contributed by atoms with Crippen LogP contribution in [0.4, 0.5) is 0 Å². The number of aromatic nitrogens is 1. The molecular weight excluding hydrogens is 246 g/mol. The molecule has 1 heterocycles. The van der Waals surface area contributed by atoms with Gasteiger partial charge >= 0.3 is 5.97 Å². The van der Waals surface area contributed by atoms with Gasteiger partial charge in [-0.1, -0.05) is 32.1 Å². The second-order valence-corrected chi connectivity index (χ2v) is 6.69. The molecule has 0 radical (unpaired) electrons. The maximum atomic E-state index is 11.7. The van der Waals surface area contributed by atoms with Crippen molar-refractivity contribution in [1.29, 1.82) is 0 Å². The Bertz CT molecular complexity index is 406. The first kappa shape index (κ1) is 13.5. The van der Waals surface area contributed by atoms with E-state index in [0.29, 0.717) is 6.42 Å². The quantitative estimate of drug-likeness (QED) is 0.906. The highest BCUT2D eigenvalue weighted by atomic mass is 32.1. The highest BCUT2D eigenvalue weighted by Gasteiger charge is 2.38. The number of carboxylic acids is 1. The van der Waals surface area contributed by atoms with Gasteiger partial charge in [0.25, 0.3) is 0 Å². The Kier molecular flexibility index (Phi) is 4.38. The van der Waals surface area contributed by atoms with Crippen LogP contribution in [0, 0.1) is 12.3 Å². The summed E-state index contributed by atoms with van der Waals surface area (Å²) in [7, 11) is 0. The normalized spacial score (nSPS) is 20.1. The predicted octanol–water partition coefficient (Wildman–Crippen LogP) is 3.81. The van der Waals surface area contributed by atoms with Gasteiger partial charge in [-0.05, 0) is 26.2 Å². The maximum absolute atomic E-state index is 11.7. The fourth-order valence-electron chi connectivity index (χ4n) is 2.87. The highest BCUT2D eigenvalue weighted by Crippen LogP contribution is 2.38. The first-order valence-corrected chi connectivity index (χ1v) is 7.59. The summed E-state index contributed by atoms with van der Waals surface area (Å²) in [6, 6.07) is 0. The first-order valence-electron chi connectivity index (χ1n) is 6.77. The van der Waals surface area contributed by atoms with Crippen molar-refractivity contribution in [3.63, 3.8) is 0 Å². The van der Waals surface area contributed by atoms with E-state index in [1.165, 1.54) is 19.3 Å². The molecule has 1 fully saturated rings. The number of aryl methyl sites for hydroxylation is 1. The summed E-state index contributed by atoms with van der Waals surface area (Å²) in [5.74, 6) is -0.615. The summed E-state index contributed by atoms with van der Waals surface area (Å²) >= 11 is 1.63. The van der Waals surface area contributed by atoms with Crippen molar-refractivity contribution in [2.24, 2.45) is 5.41 Å². The van der Waals surface area contributed by atoms with Gasteiger partial charge in [0, 0.05) is 11.1 Å². The van der Waals surface area contributed by atoms with Crippen molar-refractivity contribution >= 4 is 17.3 Å². The molecule has 0 aromatic carbocycles. The van der Waals surface area contributed by atoms with Gasteiger partial charge in [-0.2, -0.15) is 0 Å². The van der Waals surface area contributed by atoms with Crippen LogP contribution in [-0.4, -0.2) is 16.1 Å². The summed E-state index contributed by atoms with van der Waals surface area (Å²) in [5.41, 5.74) is -0.542. The van der Waals surface area contributed by atoms with Gasteiger partial charge in [0.05, 0.1) is 10.4 Å².